The van der Waals surface area contributed by atoms with Gasteiger partial charge in [0.05, 0.1) is 0 Å². The van der Waals surface area contributed by atoms with E-state index >= 15 is 0 Å². The van der Waals surface area contributed by atoms with Crippen LogP contribution in [0.15, 0.2) is 65.2 Å². The summed E-state index contributed by atoms with van der Waals surface area (Å²) >= 11 is 0. The van der Waals surface area contributed by atoms with Gasteiger partial charge in [-0.3, -0.25) is 9.59 Å². The number of aromatic nitrogens is 1. The van der Waals surface area contributed by atoms with E-state index in [9.17, 15) is 14.0 Å². The van der Waals surface area contributed by atoms with Crippen molar-refractivity contribution in [3.8, 4) is 0 Å². The van der Waals surface area contributed by atoms with E-state index in [4.69, 9.17) is 4.52 Å². The number of anilines is 1. The quantitative estimate of drug-likeness (QED) is 0.737. The van der Waals surface area contributed by atoms with Crippen LogP contribution in [0.1, 0.15) is 40.0 Å². The van der Waals surface area contributed by atoms with Gasteiger partial charge in [-0.15, -0.1) is 0 Å². The maximum absolute atomic E-state index is 14.8. The maximum Gasteiger partial charge on any atom is 0.274 e. The number of halogens is 1. The molecule has 1 aliphatic heterocycles. The van der Waals surface area contributed by atoms with E-state index in [1.165, 1.54) is 11.0 Å². The minimum Gasteiger partial charge on any atom is -0.360 e. The van der Waals surface area contributed by atoms with E-state index in [0.717, 1.165) is 5.56 Å². The molecule has 6 nitrogen and oxygen atoms in total. The first kappa shape index (κ1) is 18.9. The van der Waals surface area contributed by atoms with Crippen molar-refractivity contribution in [3.63, 3.8) is 0 Å². The molecule has 2 atom stereocenters. The standard InChI is InChI=1S/C22H20FN3O3/c1-26-20-10-6-5-9-16(20)17(23)13-19(22(26)28)24-21(27)18-12-15(29-25-18)11-14-7-3-2-4-8-14/h2-10,12,17,19H,11,13H2,1H3,(H,24,27)/t17-,19+/m1/s1. The first-order valence-electron chi connectivity index (χ1n) is 9.34. The monoisotopic (exact) mass is 393 g/mol. The second kappa shape index (κ2) is 7.87. The summed E-state index contributed by atoms with van der Waals surface area (Å²) in [5, 5.41) is 6.40. The fourth-order valence-corrected chi connectivity index (χ4v) is 3.50. The Balaban J connectivity index is 1.48. The predicted molar refractivity (Wildman–Crippen MR) is 105 cm³/mol. The van der Waals surface area contributed by atoms with E-state index in [1.807, 2.05) is 30.3 Å². The Bertz CT molecular complexity index is 1030. The second-order valence-corrected chi connectivity index (χ2v) is 7.03. The van der Waals surface area contributed by atoms with Crippen LogP contribution < -0.4 is 10.2 Å². The molecule has 2 aromatic carbocycles. The number of hydrogen-bond acceptors (Lipinski definition) is 4. The Morgan fingerprint density at radius 2 is 1.93 bits per heavy atom. The number of benzene rings is 2. The van der Waals surface area contributed by atoms with E-state index in [-0.39, 0.29) is 18.0 Å². The molecule has 0 saturated carbocycles. The molecule has 0 bridgehead atoms. The first-order valence-corrected chi connectivity index (χ1v) is 9.34. The van der Waals surface area contributed by atoms with Gasteiger partial charge in [-0.25, -0.2) is 4.39 Å². The van der Waals surface area contributed by atoms with Crippen molar-refractivity contribution in [3.05, 3.63) is 83.2 Å². The van der Waals surface area contributed by atoms with Crippen LogP contribution >= 0.6 is 0 Å². The maximum atomic E-state index is 14.8. The molecule has 1 N–H and O–H groups in total. The van der Waals surface area contributed by atoms with Crippen LogP contribution in [-0.2, 0) is 11.2 Å². The molecule has 0 radical (unpaired) electrons. The highest BCUT2D eigenvalue weighted by molar-refractivity contribution is 6.02. The minimum atomic E-state index is -1.36. The van der Waals surface area contributed by atoms with Gasteiger partial charge >= 0.3 is 0 Å². The Hall–Kier alpha value is -3.48. The number of likely N-dealkylation sites (N-methyl/N-ethyl adjacent to an activating group) is 1. The molecule has 3 aromatic rings. The SMILES string of the molecule is CN1C(=O)[C@@H](NC(=O)c2cc(Cc3ccccc3)on2)C[C@@H](F)c2ccccc21. The fourth-order valence-electron chi connectivity index (χ4n) is 3.50. The molecule has 2 amide bonds. The number of nitrogens with one attached hydrogen (secondary N) is 1. The number of para-hydroxylation sites is 1. The van der Waals surface area contributed by atoms with Crippen LogP contribution in [0.25, 0.3) is 0 Å². The Labute approximate surface area is 167 Å². The molecular weight excluding hydrogens is 373 g/mol. The third kappa shape index (κ3) is 3.89. The van der Waals surface area contributed by atoms with Gasteiger partial charge in [0.1, 0.15) is 18.0 Å². The van der Waals surface area contributed by atoms with Gasteiger partial charge < -0.3 is 14.7 Å². The molecular formula is C22H20FN3O3. The normalized spacial score (nSPS) is 18.8. The van der Waals surface area contributed by atoms with Crippen LogP contribution in [0.4, 0.5) is 10.1 Å². The smallest absolute Gasteiger partial charge is 0.274 e. The van der Waals surface area contributed by atoms with E-state index in [2.05, 4.69) is 10.5 Å². The number of nitrogens with zero attached hydrogens (tertiary/aromatic N) is 2. The second-order valence-electron chi connectivity index (χ2n) is 7.03. The fraction of sp³-hybridized carbons (Fsp3) is 0.227. The van der Waals surface area contributed by atoms with Crippen LogP contribution in [0, 0.1) is 0 Å². The number of rotatable bonds is 4. The third-order valence-electron chi connectivity index (χ3n) is 5.02. The largest absolute Gasteiger partial charge is 0.360 e. The molecule has 0 unspecified atom stereocenters. The van der Waals surface area contributed by atoms with Crippen molar-refractivity contribution >= 4 is 17.5 Å². The molecule has 0 aliphatic carbocycles. The number of carbonyl (C=O) groups is 2. The number of fused-ring (bicyclic) bond motifs is 1. The minimum absolute atomic E-state index is 0.0588. The molecule has 7 heteroatoms. The number of carbonyl (C=O) groups excluding carboxylic acids is 2. The summed E-state index contributed by atoms with van der Waals surface area (Å²) in [5.41, 5.74) is 2.03. The van der Waals surface area contributed by atoms with E-state index in [0.29, 0.717) is 23.4 Å². The van der Waals surface area contributed by atoms with Crippen molar-refractivity contribution in [2.45, 2.75) is 25.1 Å². The summed E-state index contributed by atoms with van der Waals surface area (Å²) in [5.74, 6) is -0.418. The molecule has 4 rings (SSSR count). The van der Waals surface area contributed by atoms with Crippen LogP contribution in [0.2, 0.25) is 0 Å². The van der Waals surface area contributed by atoms with Gasteiger partial charge in [0, 0.05) is 37.2 Å². The molecule has 0 spiro atoms. The van der Waals surface area contributed by atoms with Gasteiger partial charge in [0.25, 0.3) is 5.91 Å². The van der Waals surface area contributed by atoms with E-state index < -0.39 is 18.1 Å². The predicted octanol–water partition coefficient (Wildman–Crippen LogP) is 3.44. The summed E-state index contributed by atoms with van der Waals surface area (Å²) < 4.78 is 20.0. The van der Waals surface area contributed by atoms with Gasteiger partial charge in [-0.2, -0.15) is 0 Å². The lowest BCUT2D eigenvalue weighted by Crippen LogP contribution is -2.47. The molecule has 0 saturated heterocycles. The lowest BCUT2D eigenvalue weighted by atomic mass is 10.0. The summed E-state index contributed by atoms with van der Waals surface area (Å²) in [6.45, 7) is 0. The van der Waals surface area contributed by atoms with Gasteiger partial charge in [0.2, 0.25) is 5.91 Å². The highest BCUT2D eigenvalue weighted by atomic mass is 19.1. The molecule has 1 aliphatic rings. The molecule has 0 fully saturated rings. The van der Waals surface area contributed by atoms with Crippen molar-refractivity contribution in [1.29, 1.82) is 0 Å². The average Bonchev–Trinajstić information content (AvgIpc) is 3.18. The Morgan fingerprint density at radius 3 is 2.72 bits per heavy atom. The number of amides is 2. The third-order valence-corrected chi connectivity index (χ3v) is 5.02. The summed E-state index contributed by atoms with van der Waals surface area (Å²) in [6, 6.07) is 17.0. The zero-order valence-corrected chi connectivity index (χ0v) is 15.8. The molecule has 2 heterocycles. The van der Waals surface area contributed by atoms with Crippen LogP contribution in [0.5, 0.6) is 0 Å². The lowest BCUT2D eigenvalue weighted by molar-refractivity contribution is -0.120. The van der Waals surface area contributed by atoms with Crippen molar-refractivity contribution < 1.29 is 18.5 Å². The summed E-state index contributed by atoms with van der Waals surface area (Å²) in [6.07, 6.45) is -1.01. The summed E-state index contributed by atoms with van der Waals surface area (Å²) in [7, 11) is 1.58. The first-order chi connectivity index (χ1) is 14.0. The Morgan fingerprint density at radius 1 is 1.21 bits per heavy atom. The Kier molecular flexibility index (Phi) is 5.12. The van der Waals surface area contributed by atoms with E-state index in [1.54, 1.807) is 31.3 Å². The number of hydrogen-bond donors (Lipinski definition) is 1. The molecule has 148 valence electrons. The number of alkyl halides is 1. The highest BCUT2D eigenvalue weighted by Crippen LogP contribution is 2.35. The van der Waals surface area contributed by atoms with Gasteiger partial charge in [-0.1, -0.05) is 53.7 Å². The molecule has 1 aromatic heterocycles. The van der Waals surface area contributed by atoms with Crippen molar-refractivity contribution in [2.75, 3.05) is 11.9 Å². The topological polar surface area (TPSA) is 75.4 Å². The molecule has 29 heavy (non-hydrogen) atoms. The average molecular weight is 393 g/mol. The van der Waals surface area contributed by atoms with Gasteiger partial charge in [-0.05, 0) is 11.6 Å². The van der Waals surface area contributed by atoms with Crippen molar-refractivity contribution in [2.24, 2.45) is 0 Å². The van der Waals surface area contributed by atoms with Crippen molar-refractivity contribution in [1.82, 2.24) is 10.5 Å². The lowest BCUT2D eigenvalue weighted by Gasteiger charge is -2.21. The summed E-state index contributed by atoms with van der Waals surface area (Å²) in [4.78, 5) is 26.7. The van der Waals surface area contributed by atoms with Crippen LogP contribution in [0.3, 0.4) is 0 Å². The zero-order chi connectivity index (χ0) is 20.4. The highest BCUT2D eigenvalue weighted by Gasteiger charge is 2.34. The zero-order valence-electron chi connectivity index (χ0n) is 15.8. The van der Waals surface area contributed by atoms with Crippen LogP contribution in [-0.4, -0.2) is 30.1 Å². The van der Waals surface area contributed by atoms with Gasteiger partial charge in [0.15, 0.2) is 5.69 Å².